The third-order valence-corrected chi connectivity index (χ3v) is 5.95. The van der Waals surface area contributed by atoms with E-state index in [0.29, 0.717) is 21.9 Å². The summed E-state index contributed by atoms with van der Waals surface area (Å²) in [5.74, 6) is -1.16. The third kappa shape index (κ3) is 2.92. The van der Waals surface area contributed by atoms with E-state index in [1.54, 1.807) is 24.3 Å². The Balaban J connectivity index is 2.12. The van der Waals surface area contributed by atoms with Crippen molar-refractivity contribution in [3.8, 4) is 11.1 Å². The van der Waals surface area contributed by atoms with Crippen molar-refractivity contribution in [2.75, 3.05) is 13.2 Å². The van der Waals surface area contributed by atoms with Crippen LogP contribution in [0.25, 0.3) is 21.9 Å². The summed E-state index contributed by atoms with van der Waals surface area (Å²) >= 11 is 3.43. The molecule has 8 heteroatoms. The Labute approximate surface area is 173 Å². The highest BCUT2D eigenvalue weighted by atomic mass is 79.9. The van der Waals surface area contributed by atoms with E-state index in [1.165, 1.54) is 6.07 Å². The Kier molecular flexibility index (Phi) is 4.68. The van der Waals surface area contributed by atoms with Crippen LogP contribution in [0.2, 0.25) is 0 Å². The molecule has 0 spiro atoms. The number of hydrogen-bond donors (Lipinski definition) is 1. The van der Waals surface area contributed by atoms with E-state index in [2.05, 4.69) is 15.9 Å². The van der Waals surface area contributed by atoms with Crippen LogP contribution in [0, 0.1) is 17.0 Å². The van der Waals surface area contributed by atoms with Crippen LogP contribution >= 0.6 is 15.9 Å². The van der Waals surface area contributed by atoms with Gasteiger partial charge in [0.25, 0.3) is 17.5 Å². The number of amides is 2. The molecule has 3 aromatic carbocycles. The fourth-order valence-electron chi connectivity index (χ4n) is 3.75. The van der Waals surface area contributed by atoms with Gasteiger partial charge in [-0.25, -0.2) is 0 Å². The Morgan fingerprint density at radius 2 is 1.83 bits per heavy atom. The molecule has 1 aliphatic rings. The highest BCUT2D eigenvalue weighted by Crippen LogP contribution is 2.42. The van der Waals surface area contributed by atoms with Crippen molar-refractivity contribution < 1.29 is 19.6 Å². The van der Waals surface area contributed by atoms with Crippen molar-refractivity contribution in [2.45, 2.75) is 6.92 Å². The summed E-state index contributed by atoms with van der Waals surface area (Å²) < 4.78 is 0.872. The normalized spacial score (nSPS) is 13.3. The van der Waals surface area contributed by atoms with Crippen LogP contribution < -0.4 is 0 Å². The summed E-state index contributed by atoms with van der Waals surface area (Å²) in [6, 6.07) is 11.5. The number of nitro benzene ring substituents is 1. The number of carbonyl (C=O) groups excluding carboxylic acids is 2. The summed E-state index contributed by atoms with van der Waals surface area (Å²) in [5, 5.41) is 22.0. The second kappa shape index (κ2) is 7.06. The number of nitrogens with zero attached hydrogens (tertiary/aromatic N) is 2. The number of β-amino-alcohol motifs (C(OH)–C–C–N with tert-alkyl or cyclic N) is 1. The van der Waals surface area contributed by atoms with Gasteiger partial charge in [-0.2, -0.15) is 0 Å². The molecule has 0 radical (unpaired) electrons. The van der Waals surface area contributed by atoms with Crippen molar-refractivity contribution >= 4 is 44.2 Å². The highest BCUT2D eigenvalue weighted by molar-refractivity contribution is 9.10. The van der Waals surface area contributed by atoms with E-state index in [1.807, 2.05) is 19.1 Å². The molecular weight excluding hydrogens is 440 g/mol. The van der Waals surface area contributed by atoms with Crippen molar-refractivity contribution in [3.05, 3.63) is 73.7 Å². The van der Waals surface area contributed by atoms with Gasteiger partial charge in [0.1, 0.15) is 0 Å². The zero-order valence-electron chi connectivity index (χ0n) is 15.3. The Morgan fingerprint density at radius 3 is 2.48 bits per heavy atom. The molecule has 29 heavy (non-hydrogen) atoms. The van der Waals surface area contributed by atoms with Gasteiger partial charge in [-0.3, -0.25) is 24.6 Å². The van der Waals surface area contributed by atoms with Gasteiger partial charge < -0.3 is 5.11 Å². The van der Waals surface area contributed by atoms with Gasteiger partial charge in [0, 0.05) is 21.5 Å². The standard InChI is InChI=1S/C21H15BrN2O5/c1-11-9-12(5-6-16(11)22)18-13-3-2-4-14-19(13)15(10-17(18)24(28)29)21(27)23(7-8-25)20(14)26/h2-6,9-10,25H,7-8H2,1H3. The van der Waals surface area contributed by atoms with Gasteiger partial charge in [-0.05, 0) is 35.6 Å². The first-order chi connectivity index (χ1) is 13.8. The lowest BCUT2D eigenvalue weighted by molar-refractivity contribution is -0.384. The third-order valence-electron chi connectivity index (χ3n) is 5.06. The molecule has 0 saturated heterocycles. The fraction of sp³-hybridized carbons (Fsp3) is 0.143. The quantitative estimate of drug-likeness (QED) is 0.363. The zero-order valence-corrected chi connectivity index (χ0v) is 16.9. The molecule has 0 aliphatic carbocycles. The van der Waals surface area contributed by atoms with Gasteiger partial charge in [0.2, 0.25) is 0 Å². The van der Waals surface area contributed by atoms with E-state index in [9.17, 15) is 24.8 Å². The fourth-order valence-corrected chi connectivity index (χ4v) is 4.00. The number of hydrogen-bond acceptors (Lipinski definition) is 5. The molecule has 3 aromatic rings. The molecule has 0 aromatic heterocycles. The molecule has 4 rings (SSSR count). The maximum atomic E-state index is 12.9. The summed E-state index contributed by atoms with van der Waals surface area (Å²) in [5.41, 5.74) is 2.06. The van der Waals surface area contributed by atoms with E-state index in [-0.39, 0.29) is 30.0 Å². The monoisotopic (exact) mass is 454 g/mol. The van der Waals surface area contributed by atoms with Gasteiger partial charge in [-0.15, -0.1) is 0 Å². The number of nitro groups is 1. The molecule has 1 N–H and O–H groups in total. The lowest BCUT2D eigenvalue weighted by Gasteiger charge is -2.27. The van der Waals surface area contributed by atoms with Crippen LogP contribution in [-0.4, -0.2) is 39.9 Å². The largest absolute Gasteiger partial charge is 0.395 e. The second-order valence-corrected chi connectivity index (χ2v) is 7.61. The first-order valence-corrected chi connectivity index (χ1v) is 9.62. The molecule has 7 nitrogen and oxygen atoms in total. The predicted molar refractivity (Wildman–Crippen MR) is 111 cm³/mol. The lowest BCUT2D eigenvalue weighted by Crippen LogP contribution is -2.42. The lowest BCUT2D eigenvalue weighted by atomic mass is 9.87. The van der Waals surface area contributed by atoms with E-state index in [0.717, 1.165) is 14.9 Å². The highest BCUT2D eigenvalue weighted by Gasteiger charge is 2.36. The Bertz CT molecular complexity index is 1220. The van der Waals surface area contributed by atoms with Gasteiger partial charge >= 0.3 is 0 Å². The van der Waals surface area contributed by atoms with Crippen molar-refractivity contribution in [3.63, 3.8) is 0 Å². The minimum absolute atomic E-state index is 0.0907. The van der Waals surface area contributed by atoms with Crippen LogP contribution in [0.15, 0.2) is 46.9 Å². The molecule has 0 fully saturated rings. The maximum absolute atomic E-state index is 12.9. The number of aliphatic hydroxyl groups is 1. The van der Waals surface area contributed by atoms with Crippen molar-refractivity contribution in [1.82, 2.24) is 4.90 Å². The summed E-state index contributed by atoms with van der Waals surface area (Å²) in [7, 11) is 0. The summed E-state index contributed by atoms with van der Waals surface area (Å²) in [4.78, 5) is 38.0. The molecule has 1 aliphatic heterocycles. The minimum atomic E-state index is -0.644. The number of benzene rings is 3. The topological polar surface area (TPSA) is 101 Å². The van der Waals surface area contributed by atoms with Gasteiger partial charge in [-0.1, -0.05) is 40.2 Å². The van der Waals surface area contributed by atoms with Crippen LogP contribution in [-0.2, 0) is 0 Å². The molecule has 1 heterocycles. The van der Waals surface area contributed by atoms with Crippen molar-refractivity contribution in [2.24, 2.45) is 0 Å². The number of carbonyl (C=O) groups is 2. The number of aryl methyl sites for hydroxylation is 1. The molecule has 0 unspecified atom stereocenters. The predicted octanol–water partition coefficient (Wildman–Crippen LogP) is 4.07. The maximum Gasteiger partial charge on any atom is 0.278 e. The molecule has 2 amide bonds. The first-order valence-electron chi connectivity index (χ1n) is 8.83. The Hall–Kier alpha value is -3.10. The average molecular weight is 455 g/mol. The van der Waals surface area contributed by atoms with E-state index < -0.39 is 16.7 Å². The number of aliphatic hydroxyl groups excluding tert-OH is 1. The zero-order chi connectivity index (χ0) is 20.9. The summed E-state index contributed by atoms with van der Waals surface area (Å²) in [6.45, 7) is 1.32. The first kappa shape index (κ1) is 19.2. The van der Waals surface area contributed by atoms with Crippen LogP contribution in [0.5, 0.6) is 0 Å². The smallest absolute Gasteiger partial charge is 0.278 e. The molecular formula is C21H15BrN2O5. The van der Waals surface area contributed by atoms with Crippen molar-refractivity contribution in [1.29, 1.82) is 0 Å². The van der Waals surface area contributed by atoms with E-state index in [4.69, 9.17) is 0 Å². The molecule has 146 valence electrons. The summed E-state index contributed by atoms with van der Waals surface area (Å²) in [6.07, 6.45) is 0. The van der Waals surface area contributed by atoms with E-state index >= 15 is 0 Å². The number of imide groups is 1. The van der Waals surface area contributed by atoms with Crippen LogP contribution in [0.4, 0.5) is 5.69 Å². The molecule has 0 bridgehead atoms. The second-order valence-electron chi connectivity index (χ2n) is 6.75. The van der Waals surface area contributed by atoms with Gasteiger partial charge in [0.15, 0.2) is 0 Å². The number of halogens is 1. The molecule has 0 saturated carbocycles. The van der Waals surface area contributed by atoms with Gasteiger partial charge in [0.05, 0.1) is 29.2 Å². The Morgan fingerprint density at radius 1 is 1.10 bits per heavy atom. The molecule has 0 atom stereocenters. The van der Waals surface area contributed by atoms with Crippen LogP contribution in [0.3, 0.4) is 0 Å². The minimum Gasteiger partial charge on any atom is -0.395 e. The number of rotatable bonds is 4. The van der Waals surface area contributed by atoms with Crippen LogP contribution in [0.1, 0.15) is 26.3 Å². The SMILES string of the molecule is Cc1cc(-c2c([N+](=O)[O-])cc3c4c(cccc24)C(=O)N(CCO)C3=O)ccc1Br. The average Bonchev–Trinajstić information content (AvgIpc) is 2.70.